The Bertz CT molecular complexity index is 828. The predicted molar refractivity (Wildman–Crippen MR) is 109 cm³/mol. The Morgan fingerprint density at radius 3 is 2.48 bits per heavy atom. The lowest BCUT2D eigenvalue weighted by Gasteiger charge is -2.25. The molecule has 0 aliphatic heterocycles. The minimum atomic E-state index is -0.137. The van der Waals surface area contributed by atoms with Crippen molar-refractivity contribution in [1.29, 1.82) is 0 Å². The molecule has 0 fully saturated rings. The number of hydrogen-bond donors (Lipinski definition) is 1. The fraction of sp³-hybridized carbons (Fsp3) is 0.250. The second-order valence-electron chi connectivity index (χ2n) is 7.32. The van der Waals surface area contributed by atoms with Crippen molar-refractivity contribution in [3.63, 3.8) is 0 Å². The number of hydrogen-bond acceptors (Lipinski definition) is 3. The van der Waals surface area contributed by atoms with Crippen molar-refractivity contribution < 1.29 is 14.6 Å². The number of para-hydroxylation sites is 1. The quantitative estimate of drug-likeness (QED) is 0.703. The summed E-state index contributed by atoms with van der Waals surface area (Å²) in [6, 6.07) is 17.1. The van der Waals surface area contributed by atoms with E-state index in [1.54, 1.807) is 12.1 Å². The first-order valence-electron chi connectivity index (χ1n) is 9.19. The Morgan fingerprint density at radius 2 is 1.74 bits per heavy atom. The monoisotopic (exact) mass is 362 g/mol. The van der Waals surface area contributed by atoms with Gasteiger partial charge in [0.1, 0.15) is 17.3 Å². The van der Waals surface area contributed by atoms with Gasteiger partial charge in [-0.15, -0.1) is 0 Å². The number of aromatic hydroxyl groups is 1. The van der Waals surface area contributed by atoms with Crippen molar-refractivity contribution in [2.24, 2.45) is 0 Å². The van der Waals surface area contributed by atoms with Gasteiger partial charge in [-0.3, -0.25) is 0 Å². The molecule has 3 nitrogen and oxygen atoms in total. The van der Waals surface area contributed by atoms with Crippen molar-refractivity contribution in [2.45, 2.75) is 25.7 Å². The first-order chi connectivity index (χ1) is 13.0. The smallest absolute Gasteiger partial charge is 0.126 e. The molecule has 1 aliphatic rings. The lowest BCUT2D eigenvalue weighted by atomic mass is 9.85. The normalized spacial score (nSPS) is 14.3. The van der Waals surface area contributed by atoms with Crippen molar-refractivity contribution in [3.8, 4) is 11.5 Å². The van der Waals surface area contributed by atoms with Crippen LogP contribution in [0.15, 0.2) is 90.2 Å². The summed E-state index contributed by atoms with van der Waals surface area (Å²) in [6.45, 7) is 5.39. The summed E-state index contributed by atoms with van der Waals surface area (Å²) in [4.78, 5) is 0. The van der Waals surface area contributed by atoms with E-state index in [0.717, 1.165) is 29.1 Å². The largest absolute Gasteiger partial charge is 0.508 e. The lowest BCUT2D eigenvalue weighted by Crippen LogP contribution is -2.24. The van der Waals surface area contributed by atoms with Crippen LogP contribution < -0.4 is 4.74 Å². The second-order valence-corrected chi connectivity index (χ2v) is 7.32. The summed E-state index contributed by atoms with van der Waals surface area (Å²) in [5.74, 6) is 2.03. The first kappa shape index (κ1) is 19.0. The maximum Gasteiger partial charge on any atom is 0.126 e. The zero-order valence-electron chi connectivity index (χ0n) is 15.9. The van der Waals surface area contributed by atoms with Gasteiger partial charge < -0.3 is 14.6 Å². The Hall–Kier alpha value is -2.78. The van der Waals surface area contributed by atoms with Crippen LogP contribution in [0.5, 0.6) is 11.5 Å². The fourth-order valence-corrected chi connectivity index (χ4v) is 2.91. The summed E-state index contributed by atoms with van der Waals surface area (Å²) in [7, 11) is 0. The van der Waals surface area contributed by atoms with Crippen LogP contribution >= 0.6 is 0 Å². The molecule has 3 rings (SSSR count). The molecule has 2 aromatic rings. The molecule has 1 N–H and O–H groups in total. The van der Waals surface area contributed by atoms with Gasteiger partial charge in [-0.05, 0) is 41.5 Å². The molecule has 0 saturated carbocycles. The standard InChI is InChI=1S/C24H26O3/c1-24(2,20-12-14-21(25)15-13-20)18-26-17-19-8-6-7-11-23(16-19)27-22-9-4-3-5-10-22/h3-10,12-16,25H,11,17-18H2,1-2H3. The minimum absolute atomic E-state index is 0.137. The third kappa shape index (κ3) is 5.60. The number of phenols is 1. The predicted octanol–water partition coefficient (Wildman–Crippen LogP) is 5.54. The van der Waals surface area contributed by atoms with E-state index in [0.29, 0.717) is 13.2 Å². The number of benzene rings is 2. The zero-order valence-corrected chi connectivity index (χ0v) is 15.9. The van der Waals surface area contributed by atoms with Crippen LogP contribution in [0.2, 0.25) is 0 Å². The molecule has 0 atom stereocenters. The van der Waals surface area contributed by atoms with Gasteiger partial charge in [0.05, 0.1) is 13.2 Å². The summed E-state index contributed by atoms with van der Waals surface area (Å²) < 4.78 is 12.0. The molecule has 27 heavy (non-hydrogen) atoms. The molecule has 140 valence electrons. The van der Waals surface area contributed by atoms with Crippen LogP contribution in [0.1, 0.15) is 25.8 Å². The molecule has 1 aliphatic carbocycles. The van der Waals surface area contributed by atoms with Crippen LogP contribution in [0, 0.1) is 0 Å². The molecule has 0 radical (unpaired) electrons. The van der Waals surface area contributed by atoms with Crippen molar-refractivity contribution in [3.05, 3.63) is 95.8 Å². The van der Waals surface area contributed by atoms with Crippen molar-refractivity contribution >= 4 is 0 Å². The average molecular weight is 362 g/mol. The molecular formula is C24H26O3. The SMILES string of the molecule is CC(C)(COCC1=CC=CCC(Oc2ccccc2)=C1)c1ccc(O)cc1. The maximum absolute atomic E-state index is 9.46. The molecule has 0 spiro atoms. The molecular weight excluding hydrogens is 336 g/mol. The van der Waals surface area contributed by atoms with Crippen molar-refractivity contribution in [1.82, 2.24) is 0 Å². The minimum Gasteiger partial charge on any atom is -0.508 e. The number of phenolic OH excluding ortho intramolecular Hbond substituents is 1. The lowest BCUT2D eigenvalue weighted by molar-refractivity contribution is 0.114. The van der Waals surface area contributed by atoms with E-state index in [2.05, 4.69) is 32.1 Å². The average Bonchev–Trinajstić information content (AvgIpc) is 2.88. The van der Waals surface area contributed by atoms with Gasteiger partial charge in [0.2, 0.25) is 0 Å². The molecule has 0 bridgehead atoms. The van der Waals surface area contributed by atoms with Crippen LogP contribution in [-0.4, -0.2) is 18.3 Å². The third-order valence-corrected chi connectivity index (χ3v) is 4.48. The van der Waals surface area contributed by atoms with E-state index >= 15 is 0 Å². The highest BCUT2D eigenvalue weighted by molar-refractivity contribution is 5.33. The first-order valence-corrected chi connectivity index (χ1v) is 9.19. The molecule has 0 amide bonds. The Labute approximate surface area is 161 Å². The third-order valence-electron chi connectivity index (χ3n) is 4.48. The number of allylic oxidation sites excluding steroid dienone is 3. The second kappa shape index (κ2) is 8.74. The van der Waals surface area contributed by atoms with E-state index in [-0.39, 0.29) is 11.2 Å². The van der Waals surface area contributed by atoms with Crippen LogP contribution in [-0.2, 0) is 10.2 Å². The van der Waals surface area contributed by atoms with Crippen molar-refractivity contribution in [2.75, 3.05) is 13.2 Å². The van der Waals surface area contributed by atoms with Gasteiger partial charge in [0, 0.05) is 11.8 Å². The molecule has 0 aromatic heterocycles. The molecule has 0 saturated heterocycles. The van der Waals surface area contributed by atoms with E-state index in [4.69, 9.17) is 9.47 Å². The molecule has 2 aromatic carbocycles. The summed E-state index contributed by atoms with van der Waals surface area (Å²) in [6.07, 6.45) is 9.01. The van der Waals surface area contributed by atoms with E-state index in [1.165, 1.54) is 0 Å². The van der Waals surface area contributed by atoms with Gasteiger partial charge in [-0.2, -0.15) is 0 Å². The fourth-order valence-electron chi connectivity index (χ4n) is 2.91. The molecule has 0 heterocycles. The Morgan fingerprint density at radius 1 is 1.00 bits per heavy atom. The van der Waals surface area contributed by atoms with Gasteiger partial charge in [0.15, 0.2) is 0 Å². The highest BCUT2D eigenvalue weighted by atomic mass is 16.5. The van der Waals surface area contributed by atoms with Gasteiger partial charge in [-0.1, -0.05) is 62.4 Å². The highest BCUT2D eigenvalue weighted by Gasteiger charge is 2.21. The number of rotatable bonds is 7. The van der Waals surface area contributed by atoms with Gasteiger partial charge in [-0.25, -0.2) is 0 Å². The summed E-state index contributed by atoms with van der Waals surface area (Å²) in [5.41, 5.74) is 2.08. The van der Waals surface area contributed by atoms with Crippen LogP contribution in [0.25, 0.3) is 0 Å². The molecule has 0 unspecified atom stereocenters. The Balaban J connectivity index is 1.59. The van der Waals surface area contributed by atoms with Gasteiger partial charge >= 0.3 is 0 Å². The molecule has 3 heteroatoms. The maximum atomic E-state index is 9.46. The number of ether oxygens (including phenoxy) is 2. The van der Waals surface area contributed by atoms with E-state index < -0.39 is 0 Å². The van der Waals surface area contributed by atoms with Gasteiger partial charge in [0.25, 0.3) is 0 Å². The van der Waals surface area contributed by atoms with Crippen LogP contribution in [0.4, 0.5) is 0 Å². The Kier molecular flexibility index (Phi) is 6.15. The summed E-state index contributed by atoms with van der Waals surface area (Å²) in [5, 5.41) is 9.46. The van der Waals surface area contributed by atoms with E-state index in [9.17, 15) is 5.11 Å². The zero-order chi connectivity index (χ0) is 19.1. The summed E-state index contributed by atoms with van der Waals surface area (Å²) >= 11 is 0. The van der Waals surface area contributed by atoms with Crippen LogP contribution in [0.3, 0.4) is 0 Å². The van der Waals surface area contributed by atoms with E-state index in [1.807, 2.05) is 48.5 Å². The topological polar surface area (TPSA) is 38.7 Å². The highest BCUT2D eigenvalue weighted by Crippen LogP contribution is 2.26.